The van der Waals surface area contributed by atoms with Crippen LogP contribution in [0.15, 0.2) is 40.8 Å². The van der Waals surface area contributed by atoms with E-state index in [0.717, 1.165) is 23.8 Å². The van der Waals surface area contributed by atoms with Crippen molar-refractivity contribution in [1.29, 1.82) is 0 Å². The number of hydrogen-bond donors (Lipinski definition) is 1. The molecule has 0 aliphatic carbocycles. The summed E-state index contributed by atoms with van der Waals surface area (Å²) in [5.74, 6) is 1.37. The van der Waals surface area contributed by atoms with E-state index in [4.69, 9.17) is 10.2 Å². The molecule has 0 spiro atoms. The highest BCUT2D eigenvalue weighted by atomic mass is 19.1. The van der Waals surface area contributed by atoms with Gasteiger partial charge in [-0.2, -0.15) is 0 Å². The fourth-order valence-corrected chi connectivity index (χ4v) is 1.86. The van der Waals surface area contributed by atoms with Crippen molar-refractivity contribution in [3.63, 3.8) is 0 Å². The minimum atomic E-state index is -0.229. The fourth-order valence-electron chi connectivity index (χ4n) is 1.86. The molecule has 0 aliphatic rings. The summed E-state index contributed by atoms with van der Waals surface area (Å²) in [4.78, 5) is 2.04. The molecule has 0 amide bonds. The molecule has 3 nitrogen and oxygen atoms in total. The highest BCUT2D eigenvalue weighted by molar-refractivity contribution is 5.46. The van der Waals surface area contributed by atoms with Gasteiger partial charge in [-0.1, -0.05) is 6.07 Å². The van der Waals surface area contributed by atoms with E-state index >= 15 is 0 Å². The maximum Gasteiger partial charge on any atom is 0.125 e. The fraction of sp³-hybridized carbons (Fsp3) is 0.286. The van der Waals surface area contributed by atoms with E-state index in [2.05, 4.69) is 0 Å². The monoisotopic (exact) mass is 248 g/mol. The van der Waals surface area contributed by atoms with E-state index < -0.39 is 0 Å². The standard InChI is InChI=1S/C14H17FN2O/c1-2-17(12-5-3-4-11(15)8-12)10-14-7-6-13(9-16)18-14/h3-8H,2,9-10,16H2,1H3. The average molecular weight is 248 g/mol. The maximum absolute atomic E-state index is 13.2. The van der Waals surface area contributed by atoms with Crippen LogP contribution in [0.2, 0.25) is 0 Å². The topological polar surface area (TPSA) is 42.4 Å². The smallest absolute Gasteiger partial charge is 0.125 e. The van der Waals surface area contributed by atoms with Crippen molar-refractivity contribution in [1.82, 2.24) is 0 Å². The van der Waals surface area contributed by atoms with Crippen molar-refractivity contribution >= 4 is 5.69 Å². The lowest BCUT2D eigenvalue weighted by Gasteiger charge is -2.21. The molecule has 2 rings (SSSR count). The zero-order valence-corrected chi connectivity index (χ0v) is 10.4. The summed E-state index contributed by atoms with van der Waals surface area (Å²) in [5, 5.41) is 0. The predicted molar refractivity (Wildman–Crippen MR) is 69.7 cm³/mol. The molecule has 1 aromatic carbocycles. The molecule has 18 heavy (non-hydrogen) atoms. The van der Waals surface area contributed by atoms with Crippen molar-refractivity contribution in [3.8, 4) is 0 Å². The van der Waals surface area contributed by atoms with Gasteiger partial charge in [-0.3, -0.25) is 0 Å². The van der Waals surface area contributed by atoms with Crippen LogP contribution in [0, 0.1) is 5.82 Å². The van der Waals surface area contributed by atoms with Gasteiger partial charge in [0, 0.05) is 12.2 Å². The second kappa shape index (κ2) is 5.69. The summed E-state index contributed by atoms with van der Waals surface area (Å²) < 4.78 is 18.8. The summed E-state index contributed by atoms with van der Waals surface area (Å²) >= 11 is 0. The molecule has 0 saturated carbocycles. The van der Waals surface area contributed by atoms with Crippen LogP contribution < -0.4 is 10.6 Å². The Balaban J connectivity index is 2.14. The quantitative estimate of drug-likeness (QED) is 0.884. The van der Waals surface area contributed by atoms with Crippen molar-refractivity contribution in [2.24, 2.45) is 5.73 Å². The third kappa shape index (κ3) is 2.90. The summed E-state index contributed by atoms with van der Waals surface area (Å²) in [6.07, 6.45) is 0. The molecule has 0 bridgehead atoms. The summed E-state index contributed by atoms with van der Waals surface area (Å²) in [7, 11) is 0. The number of benzene rings is 1. The van der Waals surface area contributed by atoms with E-state index in [1.807, 2.05) is 30.0 Å². The molecule has 4 heteroatoms. The number of halogens is 1. The third-order valence-electron chi connectivity index (χ3n) is 2.82. The Bertz CT molecular complexity index is 510. The van der Waals surface area contributed by atoms with Crippen molar-refractivity contribution in [2.45, 2.75) is 20.0 Å². The van der Waals surface area contributed by atoms with Gasteiger partial charge in [0.15, 0.2) is 0 Å². The molecule has 1 heterocycles. The van der Waals surface area contributed by atoms with Crippen LogP contribution in [0.3, 0.4) is 0 Å². The lowest BCUT2D eigenvalue weighted by molar-refractivity contribution is 0.462. The number of hydrogen-bond acceptors (Lipinski definition) is 3. The van der Waals surface area contributed by atoms with Crippen LogP contribution in [-0.4, -0.2) is 6.54 Å². The van der Waals surface area contributed by atoms with E-state index in [1.54, 1.807) is 6.07 Å². The summed E-state index contributed by atoms with van der Waals surface area (Å²) in [5.41, 5.74) is 6.35. The Hall–Kier alpha value is -1.81. The Labute approximate surface area is 106 Å². The lowest BCUT2D eigenvalue weighted by atomic mass is 10.2. The Morgan fingerprint density at radius 3 is 2.61 bits per heavy atom. The van der Waals surface area contributed by atoms with Gasteiger partial charge in [-0.25, -0.2) is 4.39 Å². The number of anilines is 1. The predicted octanol–water partition coefficient (Wildman–Crippen LogP) is 2.90. The van der Waals surface area contributed by atoms with Crippen LogP contribution in [0.4, 0.5) is 10.1 Å². The van der Waals surface area contributed by atoms with Gasteiger partial charge in [0.25, 0.3) is 0 Å². The first kappa shape index (κ1) is 12.6. The van der Waals surface area contributed by atoms with Gasteiger partial charge >= 0.3 is 0 Å². The number of nitrogens with two attached hydrogens (primary N) is 1. The largest absolute Gasteiger partial charge is 0.463 e. The van der Waals surface area contributed by atoms with E-state index in [-0.39, 0.29) is 5.82 Å². The molecule has 0 saturated heterocycles. The Kier molecular flexibility index (Phi) is 3.99. The van der Waals surface area contributed by atoms with Crippen LogP contribution in [0.25, 0.3) is 0 Å². The van der Waals surface area contributed by atoms with Gasteiger partial charge in [0.1, 0.15) is 17.3 Å². The van der Waals surface area contributed by atoms with Crippen LogP contribution in [0.5, 0.6) is 0 Å². The molecular formula is C14H17FN2O. The van der Waals surface area contributed by atoms with Crippen molar-refractivity contribution in [2.75, 3.05) is 11.4 Å². The van der Waals surface area contributed by atoms with Gasteiger partial charge in [-0.05, 0) is 37.3 Å². The molecule has 0 unspecified atom stereocenters. The first-order chi connectivity index (χ1) is 8.72. The lowest BCUT2D eigenvalue weighted by Crippen LogP contribution is -2.21. The first-order valence-corrected chi connectivity index (χ1v) is 6.01. The molecule has 2 aromatic rings. The highest BCUT2D eigenvalue weighted by Crippen LogP contribution is 2.19. The van der Waals surface area contributed by atoms with Crippen molar-refractivity contribution in [3.05, 3.63) is 53.7 Å². The third-order valence-corrected chi connectivity index (χ3v) is 2.82. The van der Waals surface area contributed by atoms with Crippen molar-refractivity contribution < 1.29 is 8.81 Å². The average Bonchev–Trinajstić information content (AvgIpc) is 2.83. The van der Waals surface area contributed by atoms with Gasteiger partial charge in [0.2, 0.25) is 0 Å². The van der Waals surface area contributed by atoms with E-state index in [0.29, 0.717) is 13.1 Å². The Morgan fingerprint density at radius 2 is 2.00 bits per heavy atom. The maximum atomic E-state index is 13.2. The minimum absolute atomic E-state index is 0.229. The normalized spacial score (nSPS) is 10.6. The zero-order valence-electron chi connectivity index (χ0n) is 10.4. The number of furan rings is 1. The van der Waals surface area contributed by atoms with Gasteiger partial charge in [0.05, 0.1) is 13.1 Å². The molecule has 96 valence electrons. The SMILES string of the molecule is CCN(Cc1ccc(CN)o1)c1cccc(F)c1. The minimum Gasteiger partial charge on any atom is -0.463 e. The second-order valence-electron chi connectivity index (χ2n) is 4.07. The molecule has 0 fully saturated rings. The van der Waals surface area contributed by atoms with E-state index in [9.17, 15) is 4.39 Å². The van der Waals surface area contributed by atoms with E-state index in [1.165, 1.54) is 12.1 Å². The summed E-state index contributed by atoms with van der Waals surface area (Å²) in [6.45, 7) is 3.81. The highest BCUT2D eigenvalue weighted by Gasteiger charge is 2.09. The van der Waals surface area contributed by atoms with Crippen LogP contribution in [0.1, 0.15) is 18.4 Å². The van der Waals surface area contributed by atoms with Gasteiger partial charge < -0.3 is 15.1 Å². The number of rotatable bonds is 5. The molecular weight excluding hydrogens is 231 g/mol. The molecule has 0 aliphatic heterocycles. The molecule has 0 atom stereocenters. The number of nitrogens with zero attached hydrogens (tertiary/aromatic N) is 1. The molecule has 0 radical (unpaired) electrons. The summed E-state index contributed by atoms with van der Waals surface area (Å²) in [6, 6.07) is 10.3. The van der Waals surface area contributed by atoms with Crippen LogP contribution in [-0.2, 0) is 13.1 Å². The zero-order chi connectivity index (χ0) is 13.0. The first-order valence-electron chi connectivity index (χ1n) is 6.01. The Morgan fingerprint density at radius 1 is 1.22 bits per heavy atom. The van der Waals surface area contributed by atoms with Crippen LogP contribution >= 0.6 is 0 Å². The second-order valence-corrected chi connectivity index (χ2v) is 4.07. The van der Waals surface area contributed by atoms with Gasteiger partial charge in [-0.15, -0.1) is 0 Å². The molecule has 1 aromatic heterocycles. The molecule has 2 N–H and O–H groups in total.